The van der Waals surface area contributed by atoms with Crippen LogP contribution in [0.15, 0.2) is 24.3 Å². The Morgan fingerprint density at radius 2 is 1.59 bits per heavy atom. The Hall–Kier alpha value is -2.74. The number of benzene rings is 1. The monoisotopic (exact) mass is 373 g/mol. The number of rotatable bonds is 7. The minimum atomic E-state index is -1.23. The molecule has 0 radical (unpaired) electrons. The summed E-state index contributed by atoms with van der Waals surface area (Å²) in [5.41, 5.74) is -0.406. The van der Waals surface area contributed by atoms with Gasteiger partial charge in [0, 0.05) is 0 Å². The first-order chi connectivity index (χ1) is 12.8. The minimum Gasteiger partial charge on any atom is -0.389 e. The van der Waals surface area contributed by atoms with Gasteiger partial charge in [-0.25, -0.2) is 4.79 Å². The number of nitrogens with zero attached hydrogens (tertiary/aromatic N) is 2. The standard InChI is InChI=1S/C19H23N3O5/c1-3-4-9-19(2)17(26)22(18(27)20-19)11-12(23)10-21-15(24)13-7-5-6-8-14(13)16(21)25/h5-8,12,23H,3-4,9-11H2,1-2H3,(H,20,27)/t12-,19+/m0/s1. The average molecular weight is 373 g/mol. The van der Waals surface area contributed by atoms with Gasteiger partial charge < -0.3 is 10.4 Å². The van der Waals surface area contributed by atoms with Crippen LogP contribution >= 0.6 is 0 Å². The quantitative estimate of drug-likeness (QED) is 0.551. The minimum absolute atomic E-state index is 0.278. The highest BCUT2D eigenvalue weighted by atomic mass is 16.3. The number of nitrogens with one attached hydrogen (secondary N) is 1. The van der Waals surface area contributed by atoms with Crippen LogP contribution in [0.5, 0.6) is 0 Å². The third kappa shape index (κ3) is 3.32. The zero-order valence-electron chi connectivity index (χ0n) is 15.4. The molecule has 1 fully saturated rings. The Kier molecular flexibility index (Phi) is 5.01. The van der Waals surface area contributed by atoms with Crippen molar-refractivity contribution in [3.05, 3.63) is 35.4 Å². The van der Waals surface area contributed by atoms with E-state index < -0.39 is 35.4 Å². The van der Waals surface area contributed by atoms with Gasteiger partial charge in [0.25, 0.3) is 17.7 Å². The summed E-state index contributed by atoms with van der Waals surface area (Å²) in [5, 5.41) is 13.0. The molecule has 8 nitrogen and oxygen atoms in total. The molecular weight excluding hydrogens is 350 g/mol. The Bertz CT molecular complexity index is 773. The van der Waals surface area contributed by atoms with Crippen molar-refractivity contribution in [1.82, 2.24) is 15.1 Å². The lowest BCUT2D eigenvalue weighted by Crippen LogP contribution is -2.46. The number of unbranched alkanes of at least 4 members (excludes halogenated alkanes) is 1. The third-order valence-electron chi connectivity index (χ3n) is 5.04. The number of fused-ring (bicyclic) bond motifs is 1. The second kappa shape index (κ2) is 7.11. The number of imide groups is 2. The molecule has 2 atom stereocenters. The van der Waals surface area contributed by atoms with Crippen LogP contribution in [-0.4, -0.2) is 63.4 Å². The summed E-state index contributed by atoms with van der Waals surface area (Å²) in [4.78, 5) is 51.4. The van der Waals surface area contributed by atoms with Crippen LogP contribution in [-0.2, 0) is 4.79 Å². The van der Waals surface area contributed by atoms with E-state index in [4.69, 9.17) is 0 Å². The molecule has 0 aromatic heterocycles. The van der Waals surface area contributed by atoms with E-state index in [1.165, 1.54) is 0 Å². The van der Waals surface area contributed by atoms with Gasteiger partial charge in [-0.2, -0.15) is 0 Å². The number of urea groups is 1. The molecule has 2 N–H and O–H groups in total. The number of carbonyl (C=O) groups is 4. The number of amides is 5. The van der Waals surface area contributed by atoms with Crippen LogP contribution in [0.25, 0.3) is 0 Å². The van der Waals surface area contributed by atoms with Crippen LogP contribution in [0.1, 0.15) is 53.8 Å². The molecule has 5 amide bonds. The zero-order valence-corrected chi connectivity index (χ0v) is 15.4. The highest BCUT2D eigenvalue weighted by Gasteiger charge is 2.48. The summed E-state index contributed by atoms with van der Waals surface area (Å²) in [7, 11) is 0. The summed E-state index contributed by atoms with van der Waals surface area (Å²) in [6.45, 7) is 3.10. The first-order valence-corrected chi connectivity index (χ1v) is 9.06. The van der Waals surface area contributed by atoms with E-state index in [-0.39, 0.29) is 24.2 Å². The van der Waals surface area contributed by atoms with Crippen molar-refractivity contribution < 1.29 is 24.3 Å². The van der Waals surface area contributed by atoms with Crippen molar-refractivity contribution >= 4 is 23.8 Å². The van der Waals surface area contributed by atoms with Crippen molar-refractivity contribution in [3.8, 4) is 0 Å². The molecule has 2 aliphatic heterocycles. The van der Waals surface area contributed by atoms with Gasteiger partial charge in [0.05, 0.1) is 30.3 Å². The van der Waals surface area contributed by atoms with Crippen LogP contribution in [0, 0.1) is 0 Å². The van der Waals surface area contributed by atoms with E-state index in [2.05, 4.69) is 5.32 Å². The molecule has 1 saturated heterocycles. The predicted octanol–water partition coefficient (Wildman–Crippen LogP) is 1.14. The number of hydrogen-bond donors (Lipinski definition) is 2. The lowest BCUT2D eigenvalue weighted by molar-refractivity contribution is -0.132. The van der Waals surface area contributed by atoms with Gasteiger partial charge in [-0.15, -0.1) is 0 Å². The fourth-order valence-corrected chi connectivity index (χ4v) is 3.50. The second-order valence-electron chi connectivity index (χ2n) is 7.20. The van der Waals surface area contributed by atoms with Crippen LogP contribution in [0.2, 0.25) is 0 Å². The molecule has 0 saturated carbocycles. The van der Waals surface area contributed by atoms with E-state index in [1.807, 2.05) is 6.92 Å². The molecule has 3 rings (SSSR count). The first kappa shape index (κ1) is 19.0. The number of aliphatic hydroxyl groups excluding tert-OH is 1. The second-order valence-corrected chi connectivity index (χ2v) is 7.20. The van der Waals surface area contributed by atoms with Crippen LogP contribution in [0.4, 0.5) is 4.79 Å². The molecule has 0 aliphatic carbocycles. The highest BCUT2D eigenvalue weighted by Crippen LogP contribution is 2.25. The Morgan fingerprint density at radius 1 is 1.04 bits per heavy atom. The Morgan fingerprint density at radius 3 is 2.15 bits per heavy atom. The van der Waals surface area contributed by atoms with E-state index in [1.54, 1.807) is 31.2 Å². The number of aliphatic hydroxyl groups is 1. The molecule has 2 aliphatic rings. The zero-order chi connectivity index (χ0) is 19.8. The van der Waals surface area contributed by atoms with Gasteiger partial charge in [-0.1, -0.05) is 31.9 Å². The number of β-amino-alcohol motifs (C(OH)–C–C–N with tert-alkyl or cyclic N) is 1. The van der Waals surface area contributed by atoms with Gasteiger partial charge in [0.2, 0.25) is 0 Å². The maximum atomic E-state index is 12.6. The third-order valence-corrected chi connectivity index (χ3v) is 5.04. The molecule has 27 heavy (non-hydrogen) atoms. The van der Waals surface area contributed by atoms with Crippen molar-refractivity contribution in [1.29, 1.82) is 0 Å². The normalized spacial score (nSPS) is 23.1. The summed E-state index contributed by atoms with van der Waals surface area (Å²) in [6, 6.07) is 5.86. The smallest absolute Gasteiger partial charge is 0.325 e. The molecule has 1 aromatic rings. The molecule has 1 aromatic carbocycles. The predicted molar refractivity (Wildman–Crippen MR) is 96.0 cm³/mol. The summed E-state index contributed by atoms with van der Waals surface area (Å²) >= 11 is 0. The molecule has 0 unspecified atom stereocenters. The highest BCUT2D eigenvalue weighted by molar-refractivity contribution is 6.21. The van der Waals surface area contributed by atoms with Gasteiger partial charge in [-0.3, -0.25) is 24.2 Å². The molecule has 8 heteroatoms. The van der Waals surface area contributed by atoms with Crippen molar-refractivity contribution in [3.63, 3.8) is 0 Å². The van der Waals surface area contributed by atoms with Crippen LogP contribution < -0.4 is 5.32 Å². The number of hydrogen-bond acceptors (Lipinski definition) is 5. The molecular formula is C19H23N3O5. The summed E-state index contributed by atoms with van der Waals surface area (Å²) in [6.07, 6.45) is 0.962. The maximum absolute atomic E-state index is 12.6. The molecule has 144 valence electrons. The van der Waals surface area contributed by atoms with Gasteiger partial charge in [0.1, 0.15) is 5.54 Å². The topological polar surface area (TPSA) is 107 Å². The van der Waals surface area contributed by atoms with Gasteiger partial charge in [-0.05, 0) is 25.5 Å². The van der Waals surface area contributed by atoms with Gasteiger partial charge in [0.15, 0.2) is 0 Å². The SMILES string of the molecule is CCCC[C@@]1(C)NC(=O)N(C[C@@H](O)CN2C(=O)c3ccccc3C2=O)C1=O. The van der Waals surface area contributed by atoms with E-state index in [0.29, 0.717) is 6.42 Å². The van der Waals surface area contributed by atoms with E-state index in [0.717, 1.165) is 22.6 Å². The van der Waals surface area contributed by atoms with Crippen molar-refractivity contribution in [2.24, 2.45) is 0 Å². The van der Waals surface area contributed by atoms with Crippen molar-refractivity contribution in [2.75, 3.05) is 13.1 Å². The largest absolute Gasteiger partial charge is 0.389 e. The van der Waals surface area contributed by atoms with Gasteiger partial charge >= 0.3 is 6.03 Å². The number of carbonyl (C=O) groups excluding carboxylic acids is 4. The lowest BCUT2D eigenvalue weighted by atomic mass is 9.95. The molecule has 0 bridgehead atoms. The summed E-state index contributed by atoms with van der Waals surface area (Å²) < 4.78 is 0. The van der Waals surface area contributed by atoms with Crippen molar-refractivity contribution in [2.45, 2.75) is 44.8 Å². The fourth-order valence-electron chi connectivity index (χ4n) is 3.50. The molecule has 2 heterocycles. The van der Waals surface area contributed by atoms with E-state index >= 15 is 0 Å². The van der Waals surface area contributed by atoms with E-state index in [9.17, 15) is 24.3 Å². The lowest BCUT2D eigenvalue weighted by Gasteiger charge is -2.24. The fraction of sp³-hybridized carbons (Fsp3) is 0.474. The molecule has 0 spiro atoms. The Labute approximate surface area is 157 Å². The Balaban J connectivity index is 1.66. The van der Waals surface area contributed by atoms with Crippen LogP contribution in [0.3, 0.4) is 0 Å². The first-order valence-electron chi connectivity index (χ1n) is 9.06. The maximum Gasteiger partial charge on any atom is 0.325 e. The average Bonchev–Trinajstić information content (AvgIpc) is 3.00. The summed E-state index contributed by atoms with van der Waals surface area (Å²) in [5.74, 6) is -1.37.